The molecule has 2 aromatic heterocycles. The van der Waals surface area contributed by atoms with Gasteiger partial charge in [0.05, 0.1) is 16.8 Å². The van der Waals surface area contributed by atoms with Gasteiger partial charge in [0.1, 0.15) is 10.6 Å². The summed E-state index contributed by atoms with van der Waals surface area (Å²) in [6, 6.07) is 5.43. The van der Waals surface area contributed by atoms with E-state index in [0.29, 0.717) is 15.9 Å². The molecule has 0 bridgehead atoms. The van der Waals surface area contributed by atoms with E-state index in [2.05, 4.69) is 4.98 Å². The van der Waals surface area contributed by atoms with Crippen LogP contribution in [0.15, 0.2) is 39.6 Å². The van der Waals surface area contributed by atoms with Crippen LogP contribution in [0.4, 0.5) is 4.39 Å². The van der Waals surface area contributed by atoms with Gasteiger partial charge in [-0.2, -0.15) is 0 Å². The summed E-state index contributed by atoms with van der Waals surface area (Å²) in [6.45, 7) is 1.82. The van der Waals surface area contributed by atoms with Crippen molar-refractivity contribution >= 4 is 39.3 Å². The quantitative estimate of drug-likeness (QED) is 0.578. The number of hydrogen-bond donors (Lipinski definition) is 1. The number of aromatic nitrogens is 2. The molecule has 1 N–H and O–H groups in total. The highest BCUT2D eigenvalue weighted by Crippen LogP contribution is 2.26. The summed E-state index contributed by atoms with van der Waals surface area (Å²) >= 11 is 2.30. The molecule has 0 saturated carbocycles. The average Bonchev–Trinajstić information content (AvgIpc) is 2.88. The van der Waals surface area contributed by atoms with E-state index in [1.165, 1.54) is 40.2 Å². The molecule has 0 fully saturated rings. The second kappa shape index (κ2) is 6.13. The van der Waals surface area contributed by atoms with E-state index in [1.54, 1.807) is 0 Å². The van der Waals surface area contributed by atoms with Crippen LogP contribution in [0.3, 0.4) is 0 Å². The molecule has 0 atom stereocenters. The Kier molecular flexibility index (Phi) is 4.18. The predicted molar refractivity (Wildman–Crippen MR) is 88.3 cm³/mol. The van der Waals surface area contributed by atoms with E-state index in [-0.39, 0.29) is 16.5 Å². The van der Waals surface area contributed by atoms with Crippen molar-refractivity contribution in [3.05, 3.63) is 51.4 Å². The Hall–Kier alpha value is -2.19. The van der Waals surface area contributed by atoms with Crippen LogP contribution in [0.1, 0.15) is 5.56 Å². The molecule has 0 aliphatic rings. The first-order chi connectivity index (χ1) is 11.0. The number of hydrogen-bond acceptors (Lipinski definition) is 5. The fraction of sp³-hybridized carbons (Fsp3) is 0.133. The van der Waals surface area contributed by atoms with Gasteiger partial charge in [-0.05, 0) is 42.1 Å². The Bertz CT molecular complexity index is 948. The Morgan fingerprint density at radius 3 is 2.74 bits per heavy atom. The molecule has 23 heavy (non-hydrogen) atoms. The number of benzene rings is 1. The van der Waals surface area contributed by atoms with Crippen LogP contribution in [-0.4, -0.2) is 26.4 Å². The molecule has 8 heteroatoms. The molecule has 1 aromatic carbocycles. The van der Waals surface area contributed by atoms with Crippen LogP contribution in [0.5, 0.6) is 0 Å². The second-order valence-electron chi connectivity index (χ2n) is 4.79. The highest BCUT2D eigenvalue weighted by molar-refractivity contribution is 7.99. The zero-order chi connectivity index (χ0) is 16.6. The number of halogens is 1. The summed E-state index contributed by atoms with van der Waals surface area (Å²) in [7, 11) is 0. The molecular formula is C15H11FN2O3S2. The molecule has 0 aliphatic carbocycles. The number of thiophene rings is 1. The normalized spacial score (nSPS) is 11.0. The van der Waals surface area contributed by atoms with Gasteiger partial charge in [-0.3, -0.25) is 14.2 Å². The van der Waals surface area contributed by atoms with E-state index in [1.807, 2.05) is 12.3 Å². The van der Waals surface area contributed by atoms with Gasteiger partial charge in [-0.1, -0.05) is 11.8 Å². The van der Waals surface area contributed by atoms with E-state index >= 15 is 0 Å². The van der Waals surface area contributed by atoms with E-state index in [0.717, 1.165) is 17.3 Å². The van der Waals surface area contributed by atoms with Crippen molar-refractivity contribution < 1.29 is 14.3 Å². The van der Waals surface area contributed by atoms with Gasteiger partial charge in [0.25, 0.3) is 5.56 Å². The van der Waals surface area contributed by atoms with Crippen LogP contribution in [0, 0.1) is 12.7 Å². The zero-order valence-corrected chi connectivity index (χ0v) is 13.6. The number of carboxylic acids is 1. The van der Waals surface area contributed by atoms with E-state index in [4.69, 9.17) is 5.11 Å². The number of nitrogens with zero attached hydrogens (tertiary/aromatic N) is 2. The summed E-state index contributed by atoms with van der Waals surface area (Å²) in [5.41, 5.74) is 0.977. The first-order valence-electron chi connectivity index (χ1n) is 6.59. The third-order valence-electron chi connectivity index (χ3n) is 3.17. The van der Waals surface area contributed by atoms with Crippen LogP contribution in [0.25, 0.3) is 15.9 Å². The minimum absolute atomic E-state index is 0.219. The molecular weight excluding hydrogens is 339 g/mol. The van der Waals surface area contributed by atoms with Crippen molar-refractivity contribution in [3.63, 3.8) is 0 Å². The lowest BCUT2D eigenvalue weighted by atomic mass is 10.2. The third kappa shape index (κ3) is 2.99. The minimum atomic E-state index is -1.00. The Morgan fingerprint density at radius 2 is 2.09 bits per heavy atom. The summed E-state index contributed by atoms with van der Waals surface area (Å²) in [5.74, 6) is -1.64. The van der Waals surface area contributed by atoms with Crippen LogP contribution < -0.4 is 5.56 Å². The molecule has 5 nitrogen and oxygen atoms in total. The van der Waals surface area contributed by atoms with Crippen molar-refractivity contribution in [1.82, 2.24) is 9.55 Å². The first-order valence-corrected chi connectivity index (χ1v) is 8.45. The Balaban J connectivity index is 2.26. The summed E-state index contributed by atoms with van der Waals surface area (Å²) in [6.07, 6.45) is 0. The summed E-state index contributed by atoms with van der Waals surface area (Å²) in [5, 5.41) is 11.5. The van der Waals surface area contributed by atoms with Crippen molar-refractivity contribution in [2.75, 3.05) is 5.75 Å². The number of thioether (sulfide) groups is 1. The van der Waals surface area contributed by atoms with Gasteiger partial charge in [-0.25, -0.2) is 9.37 Å². The van der Waals surface area contributed by atoms with E-state index < -0.39 is 11.8 Å². The number of carboxylic acid groups (broad SMARTS) is 1. The molecule has 118 valence electrons. The number of rotatable bonds is 4. The smallest absolute Gasteiger partial charge is 0.313 e. The number of fused-ring (bicyclic) bond motifs is 1. The third-order valence-corrected chi connectivity index (χ3v) is 5.08. The average molecular weight is 350 g/mol. The topological polar surface area (TPSA) is 72.2 Å². The van der Waals surface area contributed by atoms with Crippen LogP contribution in [-0.2, 0) is 4.79 Å². The standard InChI is InChI=1S/C15H11FN2O3S2/c1-8-6-22-13-12(8)14(21)18(10-4-2-9(16)3-5-10)15(17-13)23-7-11(19)20/h2-6H,7H2,1H3,(H,19,20). The highest BCUT2D eigenvalue weighted by atomic mass is 32.2. The fourth-order valence-corrected chi connectivity index (χ4v) is 3.84. The van der Waals surface area contributed by atoms with Crippen LogP contribution in [0.2, 0.25) is 0 Å². The number of aliphatic carboxylic acids is 1. The largest absolute Gasteiger partial charge is 0.481 e. The van der Waals surface area contributed by atoms with Gasteiger partial charge in [0, 0.05) is 0 Å². The Morgan fingerprint density at radius 1 is 1.39 bits per heavy atom. The fourth-order valence-electron chi connectivity index (χ4n) is 2.15. The van der Waals surface area contributed by atoms with Crippen molar-refractivity contribution in [1.29, 1.82) is 0 Å². The first kappa shape index (κ1) is 15.7. The van der Waals surface area contributed by atoms with E-state index in [9.17, 15) is 14.0 Å². The maximum atomic E-state index is 13.1. The lowest BCUT2D eigenvalue weighted by Gasteiger charge is -2.11. The molecule has 0 radical (unpaired) electrons. The van der Waals surface area contributed by atoms with Gasteiger partial charge in [0.15, 0.2) is 5.16 Å². The van der Waals surface area contributed by atoms with Gasteiger partial charge >= 0.3 is 5.97 Å². The minimum Gasteiger partial charge on any atom is -0.481 e. The van der Waals surface area contributed by atoms with Crippen molar-refractivity contribution in [2.45, 2.75) is 12.1 Å². The molecule has 2 heterocycles. The molecule has 3 aromatic rings. The lowest BCUT2D eigenvalue weighted by Crippen LogP contribution is -2.22. The summed E-state index contributed by atoms with van der Waals surface area (Å²) < 4.78 is 14.5. The van der Waals surface area contributed by atoms with Gasteiger partial charge in [0.2, 0.25) is 0 Å². The molecule has 3 rings (SSSR count). The molecule has 0 unspecified atom stereocenters. The molecule has 0 spiro atoms. The van der Waals surface area contributed by atoms with Gasteiger partial charge in [-0.15, -0.1) is 11.3 Å². The lowest BCUT2D eigenvalue weighted by molar-refractivity contribution is -0.133. The van der Waals surface area contributed by atoms with Crippen LogP contribution >= 0.6 is 23.1 Å². The number of carbonyl (C=O) groups is 1. The van der Waals surface area contributed by atoms with Gasteiger partial charge < -0.3 is 5.11 Å². The predicted octanol–water partition coefficient (Wildman–Crippen LogP) is 3.07. The second-order valence-corrected chi connectivity index (χ2v) is 6.59. The molecule has 0 saturated heterocycles. The van der Waals surface area contributed by atoms with Crippen molar-refractivity contribution in [3.8, 4) is 5.69 Å². The number of aryl methyl sites for hydroxylation is 1. The SMILES string of the molecule is Cc1csc2nc(SCC(=O)O)n(-c3ccc(F)cc3)c(=O)c12. The maximum Gasteiger partial charge on any atom is 0.313 e. The molecule has 0 aliphatic heterocycles. The van der Waals surface area contributed by atoms with Crippen molar-refractivity contribution in [2.24, 2.45) is 0 Å². The Labute approximate surface area is 138 Å². The molecule has 0 amide bonds. The zero-order valence-electron chi connectivity index (χ0n) is 11.9. The maximum absolute atomic E-state index is 13.1. The summed E-state index contributed by atoms with van der Waals surface area (Å²) in [4.78, 5) is 28.7. The highest BCUT2D eigenvalue weighted by Gasteiger charge is 2.17. The monoisotopic (exact) mass is 350 g/mol.